The largest absolute Gasteiger partial charge is 0.462 e. The molecule has 0 saturated heterocycles. The van der Waals surface area contributed by atoms with Crippen LogP contribution in [-0.2, 0) is 9.53 Å². The number of fused-ring (bicyclic) bond motifs is 1. The van der Waals surface area contributed by atoms with Gasteiger partial charge >= 0.3 is 5.97 Å². The van der Waals surface area contributed by atoms with Crippen molar-refractivity contribution in [2.75, 3.05) is 0 Å². The quantitative estimate of drug-likeness (QED) is 0.302. The lowest BCUT2D eigenvalue weighted by Gasteiger charge is -2.21. The molecule has 0 bridgehead atoms. The topological polar surface area (TPSA) is 66.8 Å². The van der Waals surface area contributed by atoms with Crippen molar-refractivity contribution in [1.29, 1.82) is 0 Å². The molecule has 0 aromatic rings. The second-order valence-electron chi connectivity index (χ2n) is 9.98. The van der Waals surface area contributed by atoms with Crippen LogP contribution in [0.15, 0.2) is 23.8 Å². The number of esters is 1. The van der Waals surface area contributed by atoms with Crippen LogP contribution in [0.2, 0.25) is 0 Å². The van der Waals surface area contributed by atoms with Crippen molar-refractivity contribution in [1.82, 2.24) is 0 Å². The van der Waals surface area contributed by atoms with E-state index in [9.17, 15) is 15.0 Å². The van der Waals surface area contributed by atoms with Crippen LogP contribution in [0.3, 0.4) is 0 Å². The van der Waals surface area contributed by atoms with E-state index >= 15 is 0 Å². The summed E-state index contributed by atoms with van der Waals surface area (Å²) in [5.74, 6) is 1.42. The Hall–Kier alpha value is -1.13. The molecule has 3 rings (SSSR count). The van der Waals surface area contributed by atoms with Gasteiger partial charge in [-0.25, -0.2) is 0 Å². The van der Waals surface area contributed by atoms with Crippen LogP contribution in [-0.4, -0.2) is 34.5 Å². The lowest BCUT2D eigenvalue weighted by molar-refractivity contribution is -0.150. The van der Waals surface area contributed by atoms with E-state index in [0.29, 0.717) is 18.3 Å². The van der Waals surface area contributed by atoms with Crippen molar-refractivity contribution < 1.29 is 19.7 Å². The van der Waals surface area contributed by atoms with Crippen molar-refractivity contribution in [3.05, 3.63) is 23.8 Å². The second-order valence-corrected chi connectivity index (χ2v) is 9.98. The van der Waals surface area contributed by atoms with Gasteiger partial charge in [-0.15, -0.1) is 0 Å². The van der Waals surface area contributed by atoms with E-state index in [2.05, 4.69) is 26.0 Å². The molecule has 0 spiro atoms. The van der Waals surface area contributed by atoms with Gasteiger partial charge in [-0.05, 0) is 75.5 Å². The molecular formula is C26H42O4. The molecule has 3 aliphatic carbocycles. The fourth-order valence-electron chi connectivity index (χ4n) is 5.59. The average Bonchev–Trinajstić information content (AvgIpc) is 3.25. The van der Waals surface area contributed by atoms with Gasteiger partial charge in [0, 0.05) is 12.3 Å². The van der Waals surface area contributed by atoms with Gasteiger partial charge in [-0.2, -0.15) is 0 Å². The molecule has 3 saturated carbocycles. The van der Waals surface area contributed by atoms with E-state index in [1.165, 1.54) is 24.8 Å². The Bertz CT molecular complexity index is 604. The standard InChI is InChI=1S/C26H42O4/c1-3-18(2)24(27)14-13-22-23-16-19(15-20(23)17-25(22)28)9-7-8-12-26(29)30-21-10-5-4-6-11-21/h9,13-14,18,20-25,27-28H,3-8,10-12,15-17H2,1-2H3/b14-13+,19-9+/t18?,20-,22+,23-,24+,25+/m0/s1. The molecular weight excluding hydrogens is 376 g/mol. The highest BCUT2D eigenvalue weighted by atomic mass is 16.5. The van der Waals surface area contributed by atoms with Gasteiger partial charge < -0.3 is 14.9 Å². The SMILES string of the molecule is CCC(C)[C@H](O)/C=C/[C@@H]1[C@H]2C/C(=C/CCCC(=O)OC3CCCCC3)C[C@H]2C[C@H]1O. The van der Waals surface area contributed by atoms with Crippen LogP contribution in [0.25, 0.3) is 0 Å². The number of unbranched alkanes of at least 4 members (excludes halogenated alkanes) is 1. The number of allylic oxidation sites excluding steroid dienone is 2. The van der Waals surface area contributed by atoms with Gasteiger partial charge in [0.05, 0.1) is 12.2 Å². The zero-order valence-corrected chi connectivity index (χ0v) is 19.0. The molecule has 2 N–H and O–H groups in total. The van der Waals surface area contributed by atoms with Crippen LogP contribution in [0.4, 0.5) is 0 Å². The first-order valence-corrected chi connectivity index (χ1v) is 12.4. The van der Waals surface area contributed by atoms with Crippen molar-refractivity contribution in [3.8, 4) is 0 Å². The number of aliphatic hydroxyl groups is 2. The third-order valence-corrected chi connectivity index (χ3v) is 7.74. The average molecular weight is 419 g/mol. The lowest BCUT2D eigenvalue weighted by Crippen LogP contribution is -2.20. The minimum absolute atomic E-state index is 0.0308. The Morgan fingerprint density at radius 2 is 2.00 bits per heavy atom. The zero-order valence-electron chi connectivity index (χ0n) is 19.0. The van der Waals surface area contributed by atoms with Gasteiger partial charge in [0.25, 0.3) is 0 Å². The summed E-state index contributed by atoms with van der Waals surface area (Å²) in [6, 6.07) is 0. The molecule has 4 nitrogen and oxygen atoms in total. The van der Waals surface area contributed by atoms with Crippen molar-refractivity contribution >= 4 is 5.97 Å². The summed E-state index contributed by atoms with van der Waals surface area (Å²) < 4.78 is 5.61. The van der Waals surface area contributed by atoms with Crippen LogP contribution < -0.4 is 0 Å². The molecule has 1 unspecified atom stereocenters. The number of aliphatic hydroxyl groups excluding tert-OH is 2. The van der Waals surface area contributed by atoms with E-state index in [1.54, 1.807) is 0 Å². The number of carbonyl (C=O) groups excluding carboxylic acids is 1. The first-order chi connectivity index (χ1) is 14.5. The van der Waals surface area contributed by atoms with E-state index in [4.69, 9.17) is 4.74 Å². The third kappa shape index (κ3) is 6.43. The molecule has 30 heavy (non-hydrogen) atoms. The molecule has 0 amide bonds. The minimum Gasteiger partial charge on any atom is -0.462 e. The fourth-order valence-corrected chi connectivity index (χ4v) is 5.59. The van der Waals surface area contributed by atoms with Crippen LogP contribution in [0.1, 0.15) is 90.9 Å². The Balaban J connectivity index is 1.41. The van der Waals surface area contributed by atoms with Gasteiger partial charge in [-0.3, -0.25) is 4.79 Å². The molecule has 6 atom stereocenters. The van der Waals surface area contributed by atoms with Crippen molar-refractivity contribution in [2.45, 2.75) is 109 Å². The van der Waals surface area contributed by atoms with E-state index in [-0.39, 0.29) is 30.0 Å². The molecule has 0 heterocycles. The number of hydrogen-bond donors (Lipinski definition) is 2. The van der Waals surface area contributed by atoms with Gasteiger partial charge in [0.2, 0.25) is 0 Å². The first-order valence-electron chi connectivity index (χ1n) is 12.4. The lowest BCUT2D eigenvalue weighted by atomic mass is 9.89. The predicted octanol–water partition coefficient (Wildman–Crippen LogP) is 5.33. The molecule has 4 heteroatoms. The highest BCUT2D eigenvalue weighted by Crippen LogP contribution is 2.50. The van der Waals surface area contributed by atoms with Gasteiger partial charge in [0.1, 0.15) is 6.10 Å². The van der Waals surface area contributed by atoms with Gasteiger partial charge in [-0.1, -0.05) is 50.5 Å². The number of rotatable bonds is 9. The molecule has 170 valence electrons. The highest BCUT2D eigenvalue weighted by Gasteiger charge is 2.44. The zero-order chi connectivity index (χ0) is 21.5. The summed E-state index contributed by atoms with van der Waals surface area (Å²) >= 11 is 0. The number of ether oxygens (including phenoxy) is 1. The summed E-state index contributed by atoms with van der Waals surface area (Å²) in [5, 5.41) is 20.7. The van der Waals surface area contributed by atoms with E-state index in [1.807, 2.05) is 6.08 Å². The molecule has 0 radical (unpaired) electrons. The Kier molecular flexibility index (Phi) is 9.00. The van der Waals surface area contributed by atoms with Crippen LogP contribution >= 0.6 is 0 Å². The fraction of sp³-hybridized carbons (Fsp3) is 0.808. The number of hydrogen-bond acceptors (Lipinski definition) is 4. The molecule has 0 aromatic carbocycles. The minimum atomic E-state index is -0.425. The second kappa shape index (κ2) is 11.5. The summed E-state index contributed by atoms with van der Waals surface area (Å²) in [6.45, 7) is 4.15. The molecule has 0 aliphatic heterocycles. The Labute approximate surface area is 182 Å². The summed E-state index contributed by atoms with van der Waals surface area (Å²) in [5.41, 5.74) is 1.48. The maximum absolute atomic E-state index is 12.0. The summed E-state index contributed by atoms with van der Waals surface area (Å²) in [6.07, 6.45) is 17.7. The third-order valence-electron chi connectivity index (χ3n) is 7.74. The van der Waals surface area contributed by atoms with E-state index in [0.717, 1.165) is 51.4 Å². The van der Waals surface area contributed by atoms with E-state index < -0.39 is 6.10 Å². The maximum Gasteiger partial charge on any atom is 0.306 e. The highest BCUT2D eigenvalue weighted by molar-refractivity contribution is 5.69. The van der Waals surface area contributed by atoms with Crippen LogP contribution in [0, 0.1) is 23.7 Å². The summed E-state index contributed by atoms with van der Waals surface area (Å²) in [7, 11) is 0. The predicted molar refractivity (Wildman–Crippen MR) is 120 cm³/mol. The molecule has 3 fully saturated rings. The van der Waals surface area contributed by atoms with Crippen LogP contribution in [0.5, 0.6) is 0 Å². The Morgan fingerprint density at radius 1 is 1.23 bits per heavy atom. The summed E-state index contributed by atoms with van der Waals surface area (Å²) in [4.78, 5) is 12.0. The smallest absolute Gasteiger partial charge is 0.306 e. The molecule has 3 aliphatic rings. The van der Waals surface area contributed by atoms with Crippen molar-refractivity contribution in [2.24, 2.45) is 23.7 Å². The number of carbonyl (C=O) groups is 1. The van der Waals surface area contributed by atoms with Crippen molar-refractivity contribution in [3.63, 3.8) is 0 Å². The maximum atomic E-state index is 12.0. The first kappa shape index (κ1) is 23.5. The normalized spacial score (nSPS) is 33.1. The Morgan fingerprint density at radius 3 is 2.73 bits per heavy atom. The molecule has 0 aromatic heterocycles. The monoisotopic (exact) mass is 418 g/mol. The van der Waals surface area contributed by atoms with Gasteiger partial charge in [0.15, 0.2) is 0 Å².